The van der Waals surface area contributed by atoms with Gasteiger partial charge in [-0.3, -0.25) is 9.48 Å². The van der Waals surface area contributed by atoms with E-state index in [9.17, 15) is 19.3 Å². The molecule has 0 aliphatic rings. The minimum Gasteiger partial charge on any atom is -0.361 e. The van der Waals surface area contributed by atoms with Crippen LogP contribution in [0.5, 0.6) is 0 Å². The quantitative estimate of drug-likeness (QED) is 0.301. The normalized spacial score (nSPS) is 11.0. The first-order valence-electron chi connectivity index (χ1n) is 9.22. The minimum atomic E-state index is -0.611. The number of benzene rings is 1. The third kappa shape index (κ3) is 4.42. The molecule has 3 aromatic heterocycles. The number of amides is 1. The maximum Gasteiger partial charge on any atom is 0.389 e. The number of nitrogens with one attached hydrogen (secondary N) is 1. The van der Waals surface area contributed by atoms with Gasteiger partial charge in [-0.05, 0) is 33.8 Å². The SMILES string of the molecule is Cc1onc(C(=O)Nc2nn(Cc3ccccc3F)cc2Br)c1Cn1ccc([N+](=O)[O-])n1. The zero-order chi connectivity index (χ0) is 22.8. The number of nitro groups is 1. The predicted octanol–water partition coefficient (Wildman–Crippen LogP) is 3.53. The largest absolute Gasteiger partial charge is 0.389 e. The summed E-state index contributed by atoms with van der Waals surface area (Å²) in [6.07, 6.45) is 3.03. The van der Waals surface area contributed by atoms with Crippen LogP contribution in [0.3, 0.4) is 0 Å². The molecule has 0 saturated carbocycles. The minimum absolute atomic E-state index is 0.00351. The maximum absolute atomic E-state index is 13.9. The van der Waals surface area contributed by atoms with Crippen molar-refractivity contribution in [3.63, 3.8) is 0 Å². The van der Waals surface area contributed by atoms with E-state index in [1.807, 2.05) is 0 Å². The molecule has 0 radical (unpaired) electrons. The van der Waals surface area contributed by atoms with Gasteiger partial charge in [-0.25, -0.2) is 4.39 Å². The third-order valence-electron chi connectivity index (χ3n) is 4.57. The van der Waals surface area contributed by atoms with Crippen molar-refractivity contribution in [3.05, 3.63) is 85.7 Å². The lowest BCUT2D eigenvalue weighted by Crippen LogP contribution is -2.17. The van der Waals surface area contributed by atoms with Crippen molar-refractivity contribution < 1.29 is 18.6 Å². The highest BCUT2D eigenvalue weighted by atomic mass is 79.9. The first-order chi connectivity index (χ1) is 15.3. The van der Waals surface area contributed by atoms with Gasteiger partial charge in [0.05, 0.1) is 40.5 Å². The van der Waals surface area contributed by atoms with Crippen LogP contribution in [-0.4, -0.2) is 35.5 Å². The molecule has 0 saturated heterocycles. The van der Waals surface area contributed by atoms with Crippen molar-refractivity contribution >= 4 is 33.5 Å². The van der Waals surface area contributed by atoms with Crippen LogP contribution in [0.2, 0.25) is 0 Å². The van der Waals surface area contributed by atoms with Gasteiger partial charge in [-0.1, -0.05) is 23.4 Å². The van der Waals surface area contributed by atoms with Crippen LogP contribution in [0.4, 0.5) is 16.0 Å². The lowest BCUT2D eigenvalue weighted by molar-refractivity contribution is -0.389. The van der Waals surface area contributed by atoms with Crippen molar-refractivity contribution in [2.24, 2.45) is 0 Å². The van der Waals surface area contributed by atoms with E-state index in [1.54, 1.807) is 31.3 Å². The van der Waals surface area contributed by atoms with Gasteiger partial charge in [0.25, 0.3) is 5.91 Å². The molecular weight excluding hydrogens is 489 g/mol. The van der Waals surface area contributed by atoms with Gasteiger partial charge in [0.1, 0.15) is 11.6 Å². The van der Waals surface area contributed by atoms with E-state index in [-0.39, 0.29) is 36.2 Å². The van der Waals surface area contributed by atoms with Gasteiger partial charge < -0.3 is 20.0 Å². The van der Waals surface area contributed by atoms with Crippen LogP contribution >= 0.6 is 15.9 Å². The molecule has 1 N–H and O–H groups in total. The van der Waals surface area contributed by atoms with Crippen LogP contribution in [-0.2, 0) is 13.1 Å². The molecule has 1 aromatic carbocycles. The van der Waals surface area contributed by atoms with Crippen molar-refractivity contribution in [2.75, 3.05) is 5.32 Å². The molecule has 0 spiro atoms. The lowest BCUT2D eigenvalue weighted by Gasteiger charge is -2.04. The highest BCUT2D eigenvalue weighted by Crippen LogP contribution is 2.23. The highest BCUT2D eigenvalue weighted by Gasteiger charge is 2.24. The van der Waals surface area contributed by atoms with Crippen molar-refractivity contribution in [2.45, 2.75) is 20.0 Å². The number of hydrogen-bond donors (Lipinski definition) is 1. The van der Waals surface area contributed by atoms with Crippen LogP contribution in [0.1, 0.15) is 27.4 Å². The molecule has 32 heavy (non-hydrogen) atoms. The smallest absolute Gasteiger partial charge is 0.361 e. The van der Waals surface area contributed by atoms with Gasteiger partial charge in [0.15, 0.2) is 11.5 Å². The molecule has 11 nitrogen and oxygen atoms in total. The molecule has 0 bridgehead atoms. The molecule has 4 aromatic rings. The Bertz CT molecular complexity index is 1310. The van der Waals surface area contributed by atoms with Crippen molar-refractivity contribution in [3.8, 4) is 0 Å². The molecule has 0 unspecified atom stereocenters. The molecule has 1 amide bonds. The Hall–Kier alpha value is -3.87. The van der Waals surface area contributed by atoms with E-state index in [1.165, 1.54) is 27.7 Å². The third-order valence-corrected chi connectivity index (χ3v) is 5.15. The van der Waals surface area contributed by atoms with Crippen molar-refractivity contribution in [1.29, 1.82) is 0 Å². The van der Waals surface area contributed by atoms with Crippen LogP contribution in [0.15, 0.2) is 51.7 Å². The summed E-state index contributed by atoms with van der Waals surface area (Å²) in [7, 11) is 0. The summed E-state index contributed by atoms with van der Waals surface area (Å²) in [6, 6.07) is 7.58. The predicted molar refractivity (Wildman–Crippen MR) is 113 cm³/mol. The number of aryl methyl sites for hydroxylation is 1. The highest BCUT2D eigenvalue weighted by molar-refractivity contribution is 9.10. The fourth-order valence-electron chi connectivity index (χ4n) is 2.98. The van der Waals surface area contributed by atoms with Gasteiger partial charge in [0, 0.05) is 11.8 Å². The van der Waals surface area contributed by atoms with Crippen LogP contribution < -0.4 is 5.32 Å². The Kier molecular flexibility index (Phi) is 5.81. The summed E-state index contributed by atoms with van der Waals surface area (Å²) in [5.41, 5.74) is 0.863. The number of hydrogen-bond acceptors (Lipinski definition) is 7. The summed E-state index contributed by atoms with van der Waals surface area (Å²) >= 11 is 3.33. The van der Waals surface area contributed by atoms with Gasteiger partial charge in [-0.15, -0.1) is 0 Å². The van der Waals surface area contributed by atoms with E-state index < -0.39 is 10.8 Å². The van der Waals surface area contributed by atoms with Gasteiger partial charge in [-0.2, -0.15) is 9.78 Å². The molecule has 0 aliphatic carbocycles. The molecule has 0 fully saturated rings. The zero-order valence-electron chi connectivity index (χ0n) is 16.5. The maximum atomic E-state index is 13.9. The average Bonchev–Trinajstić information content (AvgIpc) is 3.45. The molecule has 4 rings (SSSR count). The Labute approximate surface area is 188 Å². The Morgan fingerprint density at radius 3 is 2.75 bits per heavy atom. The Morgan fingerprint density at radius 2 is 2.03 bits per heavy atom. The summed E-state index contributed by atoms with van der Waals surface area (Å²) in [6.45, 7) is 1.85. The summed E-state index contributed by atoms with van der Waals surface area (Å²) in [5.74, 6) is -0.666. The second kappa shape index (κ2) is 8.70. The fourth-order valence-corrected chi connectivity index (χ4v) is 3.40. The average molecular weight is 504 g/mol. The van der Waals surface area contributed by atoms with Crippen molar-refractivity contribution in [1.82, 2.24) is 24.7 Å². The summed E-state index contributed by atoms with van der Waals surface area (Å²) in [5, 5.41) is 25.4. The first-order valence-corrected chi connectivity index (χ1v) is 10.0. The summed E-state index contributed by atoms with van der Waals surface area (Å²) < 4.78 is 22.3. The molecule has 0 aliphatic heterocycles. The first kappa shape index (κ1) is 21.4. The summed E-state index contributed by atoms with van der Waals surface area (Å²) in [4.78, 5) is 23.0. The fraction of sp³-hybridized carbons (Fsp3) is 0.158. The van der Waals surface area contributed by atoms with E-state index in [4.69, 9.17) is 4.52 Å². The molecule has 0 atom stereocenters. The number of aromatic nitrogens is 5. The van der Waals surface area contributed by atoms with Crippen LogP contribution in [0, 0.1) is 22.9 Å². The number of anilines is 1. The van der Waals surface area contributed by atoms with E-state index in [2.05, 4.69) is 36.6 Å². The molecule has 13 heteroatoms. The number of rotatable bonds is 7. The van der Waals surface area contributed by atoms with Crippen LogP contribution in [0.25, 0.3) is 0 Å². The number of halogens is 2. The topological polar surface area (TPSA) is 134 Å². The monoisotopic (exact) mass is 503 g/mol. The lowest BCUT2D eigenvalue weighted by atomic mass is 10.2. The van der Waals surface area contributed by atoms with Gasteiger partial charge in [0.2, 0.25) is 0 Å². The second-order valence-electron chi connectivity index (χ2n) is 6.76. The number of carbonyl (C=O) groups excluding carboxylic acids is 1. The number of nitrogens with zero attached hydrogens (tertiary/aromatic N) is 6. The van der Waals surface area contributed by atoms with E-state index >= 15 is 0 Å². The molecule has 164 valence electrons. The standard InChI is InChI=1S/C19H15BrFN7O4/c1-11-13(9-26-7-6-16(23-26)28(30)31)17(25-32-11)19(29)22-18-14(20)10-27(24-18)8-12-4-2-3-5-15(12)21/h2-7,10H,8-9H2,1H3,(H,22,24,29). The Balaban J connectivity index is 1.52. The van der Waals surface area contributed by atoms with Gasteiger partial charge >= 0.3 is 5.82 Å². The van der Waals surface area contributed by atoms with E-state index in [0.29, 0.717) is 21.4 Å². The number of carbonyl (C=O) groups is 1. The van der Waals surface area contributed by atoms with E-state index in [0.717, 1.165) is 0 Å². The second-order valence-corrected chi connectivity index (χ2v) is 7.62. The Morgan fingerprint density at radius 1 is 1.25 bits per heavy atom. The molecular formula is C19H15BrFN7O4. The molecule has 3 heterocycles. The zero-order valence-corrected chi connectivity index (χ0v) is 18.1.